The third kappa shape index (κ3) is 4.36. The number of carbonyl (C=O) groups is 1. The molecule has 1 fully saturated rings. The number of hydrogen-bond donors (Lipinski definition) is 1. The lowest BCUT2D eigenvalue weighted by Crippen LogP contribution is -2.37. The van der Waals surface area contributed by atoms with Crippen molar-refractivity contribution >= 4 is 38.3 Å². The van der Waals surface area contributed by atoms with Crippen molar-refractivity contribution < 1.29 is 13.2 Å². The van der Waals surface area contributed by atoms with Crippen LogP contribution in [0, 0.1) is 6.92 Å². The van der Waals surface area contributed by atoms with E-state index in [1.807, 2.05) is 49.4 Å². The monoisotopic (exact) mass is 472 g/mol. The Morgan fingerprint density at radius 2 is 1.79 bits per heavy atom. The maximum atomic E-state index is 12.9. The number of pyridine rings is 2. The summed E-state index contributed by atoms with van der Waals surface area (Å²) >= 11 is 0. The Morgan fingerprint density at radius 1 is 0.971 bits per heavy atom. The zero-order valence-electron chi connectivity index (χ0n) is 18.7. The van der Waals surface area contributed by atoms with Crippen LogP contribution in [-0.4, -0.2) is 36.6 Å². The number of carbonyl (C=O) groups excluding carboxylic acids is 1. The fraction of sp³-hybridized carbons (Fsp3) is 0.192. The van der Waals surface area contributed by atoms with Crippen molar-refractivity contribution in [1.29, 1.82) is 0 Å². The number of nitrogens with one attached hydrogen (secondary N) is 1. The smallest absolute Gasteiger partial charge is 0.255 e. The minimum atomic E-state index is -3.28. The van der Waals surface area contributed by atoms with Crippen molar-refractivity contribution in [3.8, 4) is 11.3 Å². The summed E-state index contributed by atoms with van der Waals surface area (Å²) in [6.45, 7) is 2.47. The molecule has 0 atom stereocenters. The molecule has 172 valence electrons. The number of rotatable bonds is 4. The summed E-state index contributed by atoms with van der Waals surface area (Å²) in [5.74, 6) is -0.105. The van der Waals surface area contributed by atoms with E-state index in [1.54, 1.807) is 30.5 Å². The molecule has 8 heteroatoms. The number of aryl methyl sites for hydroxylation is 1. The van der Waals surface area contributed by atoms with Crippen LogP contribution in [0.2, 0.25) is 0 Å². The first kappa shape index (κ1) is 22.0. The highest BCUT2D eigenvalue weighted by atomic mass is 32.2. The highest BCUT2D eigenvalue weighted by Gasteiger charge is 2.26. The summed E-state index contributed by atoms with van der Waals surface area (Å²) in [6.07, 6.45) is 3.26. The second-order valence-electron chi connectivity index (χ2n) is 8.36. The minimum Gasteiger partial charge on any atom is -0.322 e. The third-order valence-corrected chi connectivity index (χ3v) is 7.86. The largest absolute Gasteiger partial charge is 0.322 e. The summed E-state index contributed by atoms with van der Waals surface area (Å²) in [7, 11) is -3.28. The van der Waals surface area contributed by atoms with Gasteiger partial charge in [0.05, 0.1) is 28.2 Å². The van der Waals surface area contributed by atoms with Gasteiger partial charge in [-0.3, -0.25) is 14.1 Å². The normalized spacial score (nSPS) is 15.3. The Bertz CT molecular complexity index is 1480. The van der Waals surface area contributed by atoms with Crippen LogP contribution in [0.3, 0.4) is 0 Å². The minimum absolute atomic E-state index is 0.160. The summed E-state index contributed by atoms with van der Waals surface area (Å²) < 4.78 is 26.1. The van der Waals surface area contributed by atoms with Gasteiger partial charge in [0.15, 0.2) is 0 Å². The highest BCUT2D eigenvalue weighted by Crippen LogP contribution is 2.28. The molecule has 4 aromatic rings. The summed E-state index contributed by atoms with van der Waals surface area (Å²) in [5, 5.41) is 2.94. The predicted molar refractivity (Wildman–Crippen MR) is 134 cm³/mol. The fourth-order valence-electron chi connectivity index (χ4n) is 4.14. The summed E-state index contributed by atoms with van der Waals surface area (Å²) in [4.78, 5) is 21.9. The van der Waals surface area contributed by atoms with Gasteiger partial charge in [0.25, 0.3) is 5.91 Å². The molecule has 2 aromatic carbocycles. The van der Waals surface area contributed by atoms with E-state index in [4.69, 9.17) is 4.98 Å². The van der Waals surface area contributed by atoms with E-state index in [0.717, 1.165) is 34.3 Å². The lowest BCUT2D eigenvalue weighted by molar-refractivity contribution is 0.102. The molecule has 5 rings (SSSR count). The lowest BCUT2D eigenvalue weighted by Gasteiger charge is -2.28. The van der Waals surface area contributed by atoms with Gasteiger partial charge >= 0.3 is 0 Å². The summed E-state index contributed by atoms with van der Waals surface area (Å²) in [6, 6.07) is 20.0. The number of fused-ring (bicyclic) bond motifs is 1. The molecule has 1 N–H and O–H groups in total. The molecule has 0 bridgehead atoms. The maximum absolute atomic E-state index is 12.9. The SMILES string of the molecule is Cc1ccc(NC(=O)c2ccc(N3CCCCS3(=O)=O)cc2)cc1-c1ccc2ncccc2n1. The van der Waals surface area contributed by atoms with Crippen LogP contribution < -0.4 is 9.62 Å². The van der Waals surface area contributed by atoms with Crippen LogP contribution in [0.15, 0.2) is 72.9 Å². The second kappa shape index (κ2) is 8.87. The van der Waals surface area contributed by atoms with Crippen molar-refractivity contribution in [2.75, 3.05) is 21.9 Å². The van der Waals surface area contributed by atoms with Gasteiger partial charge in [-0.2, -0.15) is 0 Å². The van der Waals surface area contributed by atoms with Crippen LogP contribution in [-0.2, 0) is 10.0 Å². The van der Waals surface area contributed by atoms with Crippen molar-refractivity contribution in [1.82, 2.24) is 9.97 Å². The molecule has 0 unspecified atom stereocenters. The molecule has 1 aliphatic rings. The molecule has 0 spiro atoms. The Hall–Kier alpha value is -3.78. The van der Waals surface area contributed by atoms with Gasteiger partial charge in [-0.15, -0.1) is 0 Å². The van der Waals surface area contributed by atoms with E-state index < -0.39 is 10.0 Å². The van der Waals surface area contributed by atoms with Crippen molar-refractivity contribution in [3.05, 3.63) is 84.1 Å². The Morgan fingerprint density at radius 3 is 2.59 bits per heavy atom. The lowest BCUT2D eigenvalue weighted by atomic mass is 10.0. The number of anilines is 2. The second-order valence-corrected chi connectivity index (χ2v) is 10.4. The molecular weight excluding hydrogens is 448 g/mol. The molecular formula is C26H24N4O3S. The van der Waals surface area contributed by atoms with Crippen LogP contribution in [0.5, 0.6) is 0 Å². The van der Waals surface area contributed by atoms with E-state index in [-0.39, 0.29) is 11.7 Å². The molecule has 1 aliphatic heterocycles. The van der Waals surface area contributed by atoms with Crippen molar-refractivity contribution in [2.45, 2.75) is 19.8 Å². The van der Waals surface area contributed by atoms with Gasteiger partial charge in [0.1, 0.15) is 0 Å². The van der Waals surface area contributed by atoms with E-state index >= 15 is 0 Å². The van der Waals surface area contributed by atoms with Crippen molar-refractivity contribution in [2.24, 2.45) is 0 Å². The van der Waals surface area contributed by atoms with Crippen LogP contribution >= 0.6 is 0 Å². The number of hydrogen-bond acceptors (Lipinski definition) is 5. The molecule has 0 radical (unpaired) electrons. The van der Waals surface area contributed by atoms with Gasteiger partial charge in [0.2, 0.25) is 10.0 Å². The standard InChI is InChI=1S/C26H24N4O3S/c1-18-6-9-20(17-22(18)23-12-13-24-25(29-23)5-4-14-27-24)28-26(31)19-7-10-21(11-8-19)30-15-2-3-16-34(30,32)33/h4-14,17H,2-3,15-16H2,1H3,(H,28,31). The van der Waals surface area contributed by atoms with E-state index in [2.05, 4.69) is 10.3 Å². The first-order chi connectivity index (χ1) is 16.4. The van der Waals surface area contributed by atoms with E-state index in [1.165, 1.54) is 4.31 Å². The summed E-state index contributed by atoms with van der Waals surface area (Å²) in [5.41, 5.74) is 6.11. The molecule has 3 heterocycles. The zero-order chi connectivity index (χ0) is 23.7. The first-order valence-electron chi connectivity index (χ1n) is 11.2. The van der Waals surface area contributed by atoms with Gasteiger partial charge in [-0.1, -0.05) is 6.07 Å². The molecule has 0 saturated carbocycles. The topological polar surface area (TPSA) is 92.3 Å². The van der Waals surface area contributed by atoms with Gasteiger partial charge in [0, 0.05) is 29.6 Å². The van der Waals surface area contributed by atoms with Crippen LogP contribution in [0.25, 0.3) is 22.3 Å². The fourth-order valence-corrected chi connectivity index (χ4v) is 5.78. The number of aromatic nitrogens is 2. The molecule has 7 nitrogen and oxygen atoms in total. The van der Waals surface area contributed by atoms with Crippen LogP contribution in [0.4, 0.5) is 11.4 Å². The number of nitrogens with zero attached hydrogens (tertiary/aromatic N) is 3. The number of amides is 1. The Labute approximate surface area is 198 Å². The highest BCUT2D eigenvalue weighted by molar-refractivity contribution is 7.92. The van der Waals surface area contributed by atoms with Crippen molar-refractivity contribution in [3.63, 3.8) is 0 Å². The average Bonchev–Trinajstić information content (AvgIpc) is 2.85. The maximum Gasteiger partial charge on any atom is 0.255 e. The first-order valence-corrected chi connectivity index (χ1v) is 12.8. The van der Waals surface area contributed by atoms with E-state index in [0.29, 0.717) is 29.9 Å². The molecule has 1 amide bonds. The van der Waals surface area contributed by atoms with E-state index in [9.17, 15) is 13.2 Å². The predicted octanol–water partition coefficient (Wildman–Crippen LogP) is 4.79. The molecule has 0 aliphatic carbocycles. The number of sulfonamides is 1. The van der Waals surface area contributed by atoms with Gasteiger partial charge in [-0.25, -0.2) is 13.4 Å². The quantitative estimate of drug-likeness (QED) is 0.461. The number of benzene rings is 2. The Kier molecular flexibility index (Phi) is 5.75. The van der Waals surface area contributed by atoms with Crippen LogP contribution in [0.1, 0.15) is 28.8 Å². The Balaban J connectivity index is 1.36. The van der Waals surface area contributed by atoms with Gasteiger partial charge < -0.3 is 5.32 Å². The zero-order valence-corrected chi connectivity index (χ0v) is 19.5. The molecule has 34 heavy (non-hydrogen) atoms. The van der Waals surface area contributed by atoms with Gasteiger partial charge in [-0.05, 0) is 86.0 Å². The average molecular weight is 473 g/mol. The third-order valence-electron chi connectivity index (χ3n) is 5.99. The molecule has 1 saturated heterocycles. The molecule has 2 aromatic heterocycles.